The van der Waals surface area contributed by atoms with Crippen LogP contribution in [0, 0.1) is 0 Å². The highest BCUT2D eigenvalue weighted by Gasteiger charge is 2.14. The van der Waals surface area contributed by atoms with Crippen LogP contribution in [0.2, 0.25) is 0 Å². The number of carbonyl (C=O) groups is 1. The van der Waals surface area contributed by atoms with Crippen molar-refractivity contribution in [2.75, 3.05) is 23.3 Å². The monoisotopic (exact) mass is 403 g/mol. The predicted octanol–water partition coefficient (Wildman–Crippen LogP) is 3.64. The van der Waals surface area contributed by atoms with Gasteiger partial charge in [-0.1, -0.05) is 6.92 Å². The van der Waals surface area contributed by atoms with Crippen molar-refractivity contribution in [1.29, 1.82) is 0 Å². The Balaban J connectivity index is 1.52. The molecule has 3 aromatic rings. The van der Waals surface area contributed by atoms with Crippen molar-refractivity contribution >= 4 is 17.3 Å². The Morgan fingerprint density at radius 1 is 1.13 bits per heavy atom. The van der Waals surface area contributed by atoms with Crippen molar-refractivity contribution in [3.63, 3.8) is 0 Å². The minimum atomic E-state index is -0.364. The Kier molecular flexibility index (Phi) is 5.88. The first kappa shape index (κ1) is 19.8. The lowest BCUT2D eigenvalue weighted by molar-refractivity contribution is 0.102. The molecular formula is C23H25N5O2. The molecule has 2 aromatic heterocycles. The molecule has 1 aliphatic rings. The van der Waals surface area contributed by atoms with Gasteiger partial charge >= 0.3 is 0 Å². The fourth-order valence-electron chi connectivity index (χ4n) is 3.61. The van der Waals surface area contributed by atoms with E-state index in [4.69, 9.17) is 0 Å². The minimum Gasteiger partial charge on any atom is -0.372 e. The normalized spacial score (nSPS) is 13.8. The van der Waals surface area contributed by atoms with Crippen LogP contribution in [0.1, 0.15) is 42.2 Å². The third-order valence-corrected chi connectivity index (χ3v) is 5.34. The Morgan fingerprint density at radius 2 is 1.90 bits per heavy atom. The molecule has 0 unspecified atom stereocenters. The quantitative estimate of drug-likeness (QED) is 0.679. The highest BCUT2D eigenvalue weighted by molar-refractivity contribution is 6.04. The van der Waals surface area contributed by atoms with Crippen molar-refractivity contribution in [1.82, 2.24) is 15.0 Å². The number of nitrogens with one attached hydrogen (secondary N) is 2. The summed E-state index contributed by atoms with van der Waals surface area (Å²) in [5.74, 6) is -0.323. The zero-order chi connectivity index (χ0) is 20.9. The number of anilines is 2. The van der Waals surface area contributed by atoms with E-state index in [2.05, 4.69) is 25.2 Å². The van der Waals surface area contributed by atoms with Crippen LogP contribution >= 0.6 is 0 Å². The Bertz CT molecular complexity index is 1090. The van der Waals surface area contributed by atoms with Crippen LogP contribution in [-0.4, -0.2) is 33.9 Å². The molecule has 30 heavy (non-hydrogen) atoms. The summed E-state index contributed by atoms with van der Waals surface area (Å²) in [6, 6.07) is 9.16. The van der Waals surface area contributed by atoms with E-state index in [9.17, 15) is 9.59 Å². The van der Waals surface area contributed by atoms with Crippen molar-refractivity contribution in [3.05, 3.63) is 70.5 Å². The van der Waals surface area contributed by atoms with Gasteiger partial charge in [-0.2, -0.15) is 0 Å². The van der Waals surface area contributed by atoms with Crippen LogP contribution in [0.4, 0.5) is 11.4 Å². The van der Waals surface area contributed by atoms with Crippen LogP contribution in [0.3, 0.4) is 0 Å². The van der Waals surface area contributed by atoms with Crippen LogP contribution in [-0.2, 0) is 6.42 Å². The van der Waals surface area contributed by atoms with Crippen molar-refractivity contribution in [3.8, 4) is 11.3 Å². The summed E-state index contributed by atoms with van der Waals surface area (Å²) in [6.07, 6.45) is 9.37. The average Bonchev–Trinajstić information content (AvgIpc) is 2.81. The number of nitrogens with zero attached hydrogens (tertiary/aromatic N) is 3. The number of amides is 1. The third kappa shape index (κ3) is 4.40. The van der Waals surface area contributed by atoms with Gasteiger partial charge in [-0.25, -0.2) is 4.98 Å². The standard InChI is InChI=1S/C23H25N5O2/c1-2-18-14-24-15-21(26-18)17-12-20(23(30)25-13-17)27-22(29)16-6-8-19(9-7-16)28-10-4-3-5-11-28/h6-9,12-15H,2-5,10-11H2,1H3,(H,25,30)(H,27,29). The van der Waals surface area contributed by atoms with E-state index in [1.54, 1.807) is 36.8 Å². The number of piperidine rings is 1. The number of H-pyrrole nitrogens is 1. The lowest BCUT2D eigenvalue weighted by atomic mass is 10.1. The van der Waals surface area contributed by atoms with Crippen LogP contribution in [0.5, 0.6) is 0 Å². The molecule has 154 valence electrons. The van der Waals surface area contributed by atoms with E-state index in [1.807, 2.05) is 19.1 Å². The molecule has 4 rings (SSSR count). The van der Waals surface area contributed by atoms with Gasteiger partial charge in [-0.15, -0.1) is 0 Å². The fraction of sp³-hybridized carbons (Fsp3) is 0.304. The molecule has 1 aromatic carbocycles. The lowest BCUT2D eigenvalue weighted by Gasteiger charge is -2.28. The van der Waals surface area contributed by atoms with Gasteiger partial charge in [0.15, 0.2) is 0 Å². The molecule has 0 bridgehead atoms. The largest absolute Gasteiger partial charge is 0.372 e. The van der Waals surface area contributed by atoms with Crippen molar-refractivity contribution in [2.45, 2.75) is 32.6 Å². The van der Waals surface area contributed by atoms with Crippen molar-refractivity contribution < 1.29 is 4.79 Å². The maximum atomic E-state index is 12.7. The molecule has 0 atom stereocenters. The maximum absolute atomic E-state index is 12.7. The molecular weight excluding hydrogens is 378 g/mol. The first-order chi connectivity index (χ1) is 14.6. The highest BCUT2D eigenvalue weighted by atomic mass is 16.2. The number of hydrogen-bond donors (Lipinski definition) is 2. The molecule has 7 nitrogen and oxygen atoms in total. The van der Waals surface area contributed by atoms with Gasteiger partial charge in [0.05, 0.1) is 17.6 Å². The minimum absolute atomic E-state index is 0.182. The molecule has 0 saturated carbocycles. The van der Waals surface area contributed by atoms with E-state index in [1.165, 1.54) is 19.3 Å². The molecule has 1 fully saturated rings. The molecule has 1 saturated heterocycles. The SMILES string of the molecule is CCc1cncc(-c2c[nH]c(=O)c(NC(=O)c3ccc(N4CCCCC4)cc3)c2)n1. The number of rotatable bonds is 5. The maximum Gasteiger partial charge on any atom is 0.271 e. The first-order valence-electron chi connectivity index (χ1n) is 10.3. The molecule has 1 aliphatic heterocycles. The summed E-state index contributed by atoms with van der Waals surface area (Å²) in [5, 5.41) is 2.72. The number of aromatic nitrogens is 3. The van der Waals surface area contributed by atoms with Gasteiger partial charge in [0.25, 0.3) is 11.5 Å². The lowest BCUT2D eigenvalue weighted by Crippen LogP contribution is -2.29. The van der Waals surface area contributed by atoms with Gasteiger partial charge in [-0.05, 0) is 56.0 Å². The Morgan fingerprint density at radius 3 is 2.63 bits per heavy atom. The number of aromatic amines is 1. The van der Waals surface area contributed by atoms with E-state index in [0.717, 1.165) is 30.9 Å². The topological polar surface area (TPSA) is 91.0 Å². The van der Waals surface area contributed by atoms with E-state index < -0.39 is 0 Å². The number of carbonyl (C=O) groups excluding carboxylic acids is 1. The van der Waals surface area contributed by atoms with Crippen LogP contribution in [0.15, 0.2) is 53.7 Å². The van der Waals surface area contributed by atoms with Gasteiger partial charge in [0.1, 0.15) is 5.69 Å². The Labute approximate surface area is 175 Å². The van der Waals surface area contributed by atoms with Gasteiger partial charge < -0.3 is 15.2 Å². The summed E-state index contributed by atoms with van der Waals surface area (Å²) in [6.45, 7) is 4.11. The zero-order valence-corrected chi connectivity index (χ0v) is 17.0. The smallest absolute Gasteiger partial charge is 0.271 e. The summed E-state index contributed by atoms with van der Waals surface area (Å²) in [4.78, 5) is 38.7. The number of benzene rings is 1. The molecule has 0 spiro atoms. The third-order valence-electron chi connectivity index (χ3n) is 5.34. The van der Waals surface area contributed by atoms with Crippen molar-refractivity contribution in [2.24, 2.45) is 0 Å². The molecule has 0 aliphatic carbocycles. The Hall–Kier alpha value is -3.48. The van der Waals surface area contributed by atoms with Crippen LogP contribution < -0.4 is 15.8 Å². The highest BCUT2D eigenvalue weighted by Crippen LogP contribution is 2.21. The molecule has 2 N–H and O–H groups in total. The van der Waals surface area contributed by atoms with E-state index in [0.29, 0.717) is 16.8 Å². The average molecular weight is 403 g/mol. The zero-order valence-electron chi connectivity index (χ0n) is 17.0. The van der Waals surface area contributed by atoms with Gasteiger partial charge in [-0.3, -0.25) is 14.6 Å². The predicted molar refractivity (Wildman–Crippen MR) is 118 cm³/mol. The summed E-state index contributed by atoms with van der Waals surface area (Å²) >= 11 is 0. The molecule has 0 radical (unpaired) electrons. The van der Waals surface area contributed by atoms with E-state index >= 15 is 0 Å². The number of pyridine rings is 1. The summed E-state index contributed by atoms with van der Waals surface area (Å²) < 4.78 is 0. The second kappa shape index (κ2) is 8.90. The first-order valence-corrected chi connectivity index (χ1v) is 10.3. The summed E-state index contributed by atoms with van der Waals surface area (Å²) in [5.41, 5.74) is 3.64. The van der Waals surface area contributed by atoms with Gasteiger partial charge in [0, 0.05) is 42.3 Å². The second-order valence-electron chi connectivity index (χ2n) is 7.43. The van der Waals surface area contributed by atoms with Crippen LogP contribution in [0.25, 0.3) is 11.3 Å². The number of hydrogen-bond acceptors (Lipinski definition) is 5. The summed E-state index contributed by atoms with van der Waals surface area (Å²) in [7, 11) is 0. The van der Waals surface area contributed by atoms with E-state index in [-0.39, 0.29) is 17.2 Å². The molecule has 3 heterocycles. The fourth-order valence-corrected chi connectivity index (χ4v) is 3.61. The molecule has 1 amide bonds. The van der Waals surface area contributed by atoms with Gasteiger partial charge in [0.2, 0.25) is 0 Å². The molecule has 7 heteroatoms. The second-order valence-corrected chi connectivity index (χ2v) is 7.43. The number of aryl methyl sites for hydroxylation is 1.